The standard InChI is InChI=1S/C24H28FN5O2.HI/c1-4-27-24(29-15-17-10-16(14-26)7-8-21(17)25)28-9-5-6-18-11-20-22(30-18)12-19(31-2)13-23(20)32-3;/h7-8,10-13,30H,4-6,9,15H2,1-3H3,(H2,27,28,29);1H. The molecule has 9 heteroatoms. The predicted molar refractivity (Wildman–Crippen MR) is 139 cm³/mol. The van der Waals surface area contributed by atoms with Crippen LogP contribution in [0.5, 0.6) is 11.5 Å². The van der Waals surface area contributed by atoms with Gasteiger partial charge in [0.05, 0.1) is 37.9 Å². The summed E-state index contributed by atoms with van der Waals surface area (Å²) in [5.74, 6) is 1.76. The van der Waals surface area contributed by atoms with Gasteiger partial charge in [-0.1, -0.05) is 0 Å². The number of halogens is 2. The number of ether oxygens (including phenoxy) is 2. The molecule has 0 radical (unpaired) electrons. The van der Waals surface area contributed by atoms with E-state index in [-0.39, 0.29) is 36.3 Å². The molecule has 7 nitrogen and oxygen atoms in total. The molecule has 1 aromatic heterocycles. The monoisotopic (exact) mass is 565 g/mol. The normalized spacial score (nSPS) is 10.9. The molecule has 2 aromatic carbocycles. The Morgan fingerprint density at radius 3 is 2.67 bits per heavy atom. The third kappa shape index (κ3) is 6.99. The summed E-state index contributed by atoms with van der Waals surface area (Å²) in [4.78, 5) is 7.87. The molecular weight excluding hydrogens is 536 g/mol. The zero-order chi connectivity index (χ0) is 22.9. The van der Waals surface area contributed by atoms with Gasteiger partial charge in [0.25, 0.3) is 0 Å². The average molecular weight is 565 g/mol. The highest BCUT2D eigenvalue weighted by atomic mass is 127. The lowest BCUT2D eigenvalue weighted by atomic mass is 10.1. The highest BCUT2D eigenvalue weighted by Gasteiger charge is 2.09. The van der Waals surface area contributed by atoms with Crippen molar-refractivity contribution in [1.82, 2.24) is 15.6 Å². The van der Waals surface area contributed by atoms with Crippen LogP contribution in [0.4, 0.5) is 4.39 Å². The first-order chi connectivity index (χ1) is 15.6. The van der Waals surface area contributed by atoms with Gasteiger partial charge in [-0.2, -0.15) is 5.26 Å². The van der Waals surface area contributed by atoms with E-state index in [0.29, 0.717) is 30.2 Å². The SMILES string of the molecule is CCNC(=NCc1cc(C#N)ccc1F)NCCCc1cc2c(OC)cc(OC)cc2[nH]1.I. The summed E-state index contributed by atoms with van der Waals surface area (Å²) >= 11 is 0. The Labute approximate surface area is 210 Å². The van der Waals surface area contributed by atoms with E-state index in [0.717, 1.165) is 40.9 Å². The Balaban J connectivity index is 0.00000385. The number of aromatic amines is 1. The first kappa shape index (κ1) is 26.3. The number of methoxy groups -OCH3 is 2. The van der Waals surface area contributed by atoms with E-state index in [4.69, 9.17) is 14.7 Å². The van der Waals surface area contributed by atoms with Gasteiger partial charge in [-0.3, -0.25) is 0 Å². The first-order valence-electron chi connectivity index (χ1n) is 10.5. The largest absolute Gasteiger partial charge is 0.497 e. The zero-order valence-electron chi connectivity index (χ0n) is 19.0. The Kier molecular flexibility index (Phi) is 10.3. The van der Waals surface area contributed by atoms with Crippen LogP contribution in [0.2, 0.25) is 0 Å². The number of aromatic nitrogens is 1. The fourth-order valence-corrected chi connectivity index (χ4v) is 3.42. The first-order valence-corrected chi connectivity index (χ1v) is 10.5. The molecule has 3 rings (SSSR count). The number of H-pyrrole nitrogens is 1. The van der Waals surface area contributed by atoms with Gasteiger partial charge in [0.15, 0.2) is 5.96 Å². The van der Waals surface area contributed by atoms with Crippen LogP contribution in [0, 0.1) is 17.1 Å². The maximum absolute atomic E-state index is 14.0. The molecule has 0 saturated heterocycles. The minimum atomic E-state index is -0.366. The summed E-state index contributed by atoms with van der Waals surface area (Å²) in [5, 5.41) is 16.5. The number of benzene rings is 2. The van der Waals surface area contributed by atoms with E-state index in [1.807, 2.05) is 25.1 Å². The summed E-state index contributed by atoms with van der Waals surface area (Å²) < 4.78 is 24.8. The summed E-state index contributed by atoms with van der Waals surface area (Å²) in [7, 11) is 3.28. The number of aliphatic imine (C=N–C) groups is 1. The number of nitrogens with one attached hydrogen (secondary N) is 3. The van der Waals surface area contributed by atoms with Gasteiger partial charge in [-0.15, -0.1) is 24.0 Å². The van der Waals surface area contributed by atoms with Crippen LogP contribution >= 0.6 is 24.0 Å². The second kappa shape index (κ2) is 12.9. The summed E-state index contributed by atoms with van der Waals surface area (Å²) in [6, 6.07) is 12.2. The minimum Gasteiger partial charge on any atom is -0.497 e. The molecule has 1 heterocycles. The van der Waals surface area contributed by atoms with Crippen molar-refractivity contribution in [3.05, 3.63) is 59.0 Å². The van der Waals surface area contributed by atoms with E-state index in [1.165, 1.54) is 18.2 Å². The van der Waals surface area contributed by atoms with Gasteiger partial charge in [-0.05, 0) is 44.0 Å². The molecule has 3 aromatic rings. The van der Waals surface area contributed by atoms with E-state index in [1.54, 1.807) is 14.2 Å². The molecule has 33 heavy (non-hydrogen) atoms. The second-order valence-corrected chi connectivity index (χ2v) is 7.23. The van der Waals surface area contributed by atoms with E-state index in [2.05, 4.69) is 26.7 Å². The van der Waals surface area contributed by atoms with Crippen molar-refractivity contribution in [3.8, 4) is 17.6 Å². The van der Waals surface area contributed by atoms with Crippen molar-refractivity contribution < 1.29 is 13.9 Å². The Morgan fingerprint density at radius 1 is 1.15 bits per heavy atom. The van der Waals surface area contributed by atoms with Gasteiger partial charge in [0.2, 0.25) is 0 Å². The summed E-state index contributed by atoms with van der Waals surface area (Å²) in [6.45, 7) is 3.51. The molecule has 0 amide bonds. The lowest BCUT2D eigenvalue weighted by molar-refractivity contribution is 0.398. The molecule has 0 spiro atoms. The van der Waals surface area contributed by atoms with Gasteiger partial charge in [-0.25, -0.2) is 9.38 Å². The van der Waals surface area contributed by atoms with Crippen LogP contribution in [0.1, 0.15) is 30.2 Å². The fourth-order valence-electron chi connectivity index (χ4n) is 3.42. The highest BCUT2D eigenvalue weighted by molar-refractivity contribution is 14.0. The molecule has 0 unspecified atom stereocenters. The van der Waals surface area contributed by atoms with E-state index >= 15 is 0 Å². The topological polar surface area (TPSA) is 94.5 Å². The molecule has 176 valence electrons. The zero-order valence-corrected chi connectivity index (χ0v) is 21.3. The van der Waals surface area contributed by atoms with Crippen LogP contribution in [0.3, 0.4) is 0 Å². The molecule has 0 aliphatic heterocycles. The van der Waals surface area contributed by atoms with Crippen LogP contribution in [0.25, 0.3) is 10.9 Å². The quantitative estimate of drug-likeness (QED) is 0.154. The number of nitriles is 1. The average Bonchev–Trinajstić information content (AvgIpc) is 3.23. The number of fused-ring (bicyclic) bond motifs is 1. The van der Waals surface area contributed by atoms with Crippen LogP contribution in [0.15, 0.2) is 41.4 Å². The maximum atomic E-state index is 14.0. The van der Waals surface area contributed by atoms with E-state index < -0.39 is 0 Å². The molecule has 0 fully saturated rings. The smallest absolute Gasteiger partial charge is 0.191 e. The van der Waals surface area contributed by atoms with Crippen LogP contribution < -0.4 is 20.1 Å². The van der Waals surface area contributed by atoms with Crippen molar-refractivity contribution in [3.63, 3.8) is 0 Å². The molecule has 0 saturated carbocycles. The molecular formula is C24H29FIN5O2. The molecule has 0 aliphatic carbocycles. The van der Waals surface area contributed by atoms with E-state index in [9.17, 15) is 4.39 Å². The molecule has 0 bridgehead atoms. The van der Waals surface area contributed by atoms with Gasteiger partial charge >= 0.3 is 0 Å². The second-order valence-electron chi connectivity index (χ2n) is 7.23. The Bertz CT molecular complexity index is 1140. The number of rotatable bonds is 9. The summed E-state index contributed by atoms with van der Waals surface area (Å²) in [5.41, 5.74) is 2.89. The lowest BCUT2D eigenvalue weighted by Crippen LogP contribution is -2.37. The fraction of sp³-hybridized carbons (Fsp3) is 0.333. The van der Waals surface area contributed by atoms with Crippen molar-refractivity contribution >= 4 is 40.8 Å². The van der Waals surface area contributed by atoms with Crippen molar-refractivity contribution in [2.24, 2.45) is 4.99 Å². The number of aryl methyl sites for hydroxylation is 1. The van der Waals surface area contributed by atoms with Crippen molar-refractivity contribution in [1.29, 1.82) is 5.26 Å². The van der Waals surface area contributed by atoms with Crippen molar-refractivity contribution in [2.75, 3.05) is 27.3 Å². The number of hydrogen-bond acceptors (Lipinski definition) is 4. The number of guanidine groups is 1. The lowest BCUT2D eigenvalue weighted by Gasteiger charge is -2.11. The van der Waals surface area contributed by atoms with Gasteiger partial charge in [0, 0.05) is 41.9 Å². The van der Waals surface area contributed by atoms with Crippen LogP contribution in [-0.2, 0) is 13.0 Å². The van der Waals surface area contributed by atoms with Gasteiger partial charge in [0.1, 0.15) is 17.3 Å². The Hall–Kier alpha value is -3.00. The summed E-state index contributed by atoms with van der Waals surface area (Å²) in [6.07, 6.45) is 1.71. The van der Waals surface area contributed by atoms with Crippen LogP contribution in [-0.4, -0.2) is 38.3 Å². The van der Waals surface area contributed by atoms with Gasteiger partial charge < -0.3 is 25.1 Å². The van der Waals surface area contributed by atoms with Crippen molar-refractivity contribution in [2.45, 2.75) is 26.3 Å². The maximum Gasteiger partial charge on any atom is 0.191 e. The molecule has 0 aliphatic rings. The Morgan fingerprint density at radius 2 is 1.97 bits per heavy atom. The minimum absolute atomic E-state index is 0. The molecule has 0 atom stereocenters. The predicted octanol–water partition coefficient (Wildman–Crippen LogP) is 4.50. The number of nitrogens with zero attached hydrogens (tertiary/aromatic N) is 2. The third-order valence-electron chi connectivity index (χ3n) is 5.03. The highest BCUT2D eigenvalue weighted by Crippen LogP contribution is 2.31. The number of hydrogen-bond donors (Lipinski definition) is 3. The molecule has 3 N–H and O–H groups in total. The third-order valence-corrected chi connectivity index (χ3v) is 5.03.